The van der Waals surface area contributed by atoms with E-state index in [1.807, 2.05) is 13.2 Å². The smallest absolute Gasteiger partial charge is 0.329 e. The molecule has 1 atom stereocenters. The fraction of sp³-hybridized carbons (Fsp3) is 0.778. The molecule has 0 spiro atoms. The maximum Gasteiger partial charge on any atom is 0.329 e. The Morgan fingerprint density at radius 1 is 1.44 bits per heavy atom. The van der Waals surface area contributed by atoms with Gasteiger partial charge in [-0.1, -0.05) is 0 Å². The van der Waals surface area contributed by atoms with E-state index in [2.05, 4.69) is 15.4 Å². The first-order valence-corrected chi connectivity index (χ1v) is 7.39. The number of thioether (sulfide) groups is 2. The summed E-state index contributed by atoms with van der Waals surface area (Å²) in [5, 5.41) is 6.03. The van der Waals surface area contributed by atoms with Crippen molar-refractivity contribution >= 4 is 35.5 Å². The van der Waals surface area contributed by atoms with Crippen LogP contribution in [0, 0.1) is 0 Å². The van der Waals surface area contributed by atoms with Crippen LogP contribution in [0.25, 0.3) is 0 Å². The lowest BCUT2D eigenvalue weighted by Crippen LogP contribution is -2.47. The summed E-state index contributed by atoms with van der Waals surface area (Å²) < 4.78 is 4.62. The molecule has 0 aliphatic heterocycles. The highest BCUT2D eigenvalue weighted by Gasteiger charge is 2.20. The Morgan fingerprint density at radius 2 is 2.12 bits per heavy atom. The number of carbonyl (C=O) groups excluding carboxylic acids is 2. The summed E-state index contributed by atoms with van der Waals surface area (Å²) in [6, 6.07) is -0.934. The number of rotatable bonds is 7. The van der Waals surface area contributed by atoms with E-state index in [4.69, 9.17) is 0 Å². The van der Waals surface area contributed by atoms with E-state index >= 15 is 0 Å². The molecule has 0 heterocycles. The Hall–Kier alpha value is -0.560. The molecule has 0 aromatic heterocycles. The van der Waals surface area contributed by atoms with Crippen LogP contribution in [0.15, 0.2) is 0 Å². The van der Waals surface area contributed by atoms with Gasteiger partial charge in [-0.3, -0.25) is 0 Å². The van der Waals surface area contributed by atoms with Crippen LogP contribution in [-0.2, 0) is 9.53 Å². The zero-order valence-corrected chi connectivity index (χ0v) is 11.4. The van der Waals surface area contributed by atoms with Gasteiger partial charge < -0.3 is 15.4 Å². The molecule has 0 aromatic rings. The molecule has 0 unspecified atom stereocenters. The van der Waals surface area contributed by atoms with Gasteiger partial charge in [0.1, 0.15) is 6.04 Å². The fourth-order valence-electron chi connectivity index (χ4n) is 0.930. The van der Waals surface area contributed by atoms with E-state index in [1.165, 1.54) is 7.11 Å². The summed E-state index contributed by atoms with van der Waals surface area (Å²) in [5.74, 6) is 0.102. The van der Waals surface area contributed by atoms with E-state index in [0.717, 1.165) is 5.08 Å². The van der Waals surface area contributed by atoms with Crippen LogP contribution in [0.4, 0.5) is 4.79 Å². The van der Waals surface area contributed by atoms with Gasteiger partial charge in [0, 0.05) is 17.4 Å². The molecule has 0 saturated heterocycles. The summed E-state index contributed by atoms with van der Waals surface area (Å²) in [6.07, 6.45) is 1.98. The quantitative estimate of drug-likeness (QED) is 0.407. The standard InChI is InChI=1S/C9H18N2O3S2/c1-4-10-9(13)11-7(8(12)14-2)5-16-6-15-3/h7H,4-6H2,1-3H3,(H2,10,11,13)/t7-/m0/s1. The zero-order chi connectivity index (χ0) is 12.4. The fourth-order valence-corrected chi connectivity index (χ4v) is 2.44. The second kappa shape index (κ2) is 9.65. The normalized spacial score (nSPS) is 11.7. The van der Waals surface area contributed by atoms with Gasteiger partial charge in [0.05, 0.1) is 7.11 Å². The molecule has 94 valence electrons. The van der Waals surface area contributed by atoms with Crippen LogP contribution in [-0.4, -0.2) is 48.8 Å². The molecule has 0 bridgehead atoms. The third kappa shape index (κ3) is 6.84. The molecular weight excluding hydrogens is 248 g/mol. The van der Waals surface area contributed by atoms with Gasteiger partial charge >= 0.3 is 12.0 Å². The average molecular weight is 266 g/mol. The molecule has 0 rings (SSSR count). The summed E-state index contributed by atoms with van der Waals surface area (Å²) in [7, 11) is 1.31. The van der Waals surface area contributed by atoms with E-state index in [0.29, 0.717) is 12.3 Å². The van der Waals surface area contributed by atoms with Crippen LogP contribution in [0.5, 0.6) is 0 Å². The number of nitrogens with one attached hydrogen (secondary N) is 2. The van der Waals surface area contributed by atoms with Crippen molar-refractivity contribution in [2.75, 3.05) is 30.7 Å². The third-order valence-corrected chi connectivity index (χ3v) is 3.79. The number of methoxy groups -OCH3 is 1. The molecule has 0 radical (unpaired) electrons. The minimum Gasteiger partial charge on any atom is -0.467 e. The predicted molar refractivity (Wildman–Crippen MR) is 68.9 cm³/mol. The molecular formula is C9H18N2O3S2. The van der Waals surface area contributed by atoms with Gasteiger partial charge in [-0.25, -0.2) is 9.59 Å². The van der Waals surface area contributed by atoms with Crippen LogP contribution in [0.3, 0.4) is 0 Å². The van der Waals surface area contributed by atoms with Gasteiger partial charge in [0.25, 0.3) is 0 Å². The lowest BCUT2D eigenvalue weighted by molar-refractivity contribution is -0.142. The Labute approximate surface area is 104 Å². The van der Waals surface area contributed by atoms with Crippen LogP contribution < -0.4 is 10.6 Å². The number of esters is 1. The van der Waals surface area contributed by atoms with Gasteiger partial charge in [-0.2, -0.15) is 11.8 Å². The van der Waals surface area contributed by atoms with Gasteiger partial charge in [-0.05, 0) is 13.2 Å². The highest BCUT2D eigenvalue weighted by molar-refractivity contribution is 8.15. The zero-order valence-electron chi connectivity index (χ0n) is 9.74. The van der Waals surface area contributed by atoms with Crippen LogP contribution in [0.1, 0.15) is 6.92 Å². The van der Waals surface area contributed by atoms with Crippen molar-refractivity contribution < 1.29 is 14.3 Å². The second-order valence-electron chi connectivity index (χ2n) is 2.86. The van der Waals surface area contributed by atoms with E-state index in [-0.39, 0.29) is 6.03 Å². The Kier molecular flexibility index (Phi) is 9.31. The minimum absolute atomic E-state index is 0.345. The third-order valence-electron chi connectivity index (χ3n) is 1.61. The van der Waals surface area contributed by atoms with Gasteiger partial charge in [-0.15, -0.1) is 11.8 Å². The Balaban J connectivity index is 4.09. The molecule has 5 nitrogen and oxygen atoms in total. The first kappa shape index (κ1) is 15.4. The van der Waals surface area contributed by atoms with Gasteiger partial charge in [0.15, 0.2) is 0 Å². The first-order chi connectivity index (χ1) is 7.65. The molecule has 0 saturated carbocycles. The van der Waals surface area contributed by atoms with Crippen molar-refractivity contribution in [1.82, 2.24) is 10.6 Å². The molecule has 0 fully saturated rings. The minimum atomic E-state index is -0.589. The number of amides is 2. The second-order valence-corrected chi connectivity index (χ2v) is 5.12. The summed E-state index contributed by atoms with van der Waals surface area (Å²) in [5.41, 5.74) is 0. The van der Waals surface area contributed by atoms with Crippen LogP contribution >= 0.6 is 23.5 Å². The molecule has 0 aliphatic carbocycles. The Morgan fingerprint density at radius 3 is 2.62 bits per heavy atom. The van der Waals surface area contributed by atoms with Crippen molar-refractivity contribution in [1.29, 1.82) is 0 Å². The number of hydrogen-bond acceptors (Lipinski definition) is 5. The lowest BCUT2D eigenvalue weighted by Gasteiger charge is -2.15. The maximum atomic E-state index is 11.4. The molecule has 2 amide bonds. The number of urea groups is 1. The van der Waals surface area contributed by atoms with Crippen molar-refractivity contribution in [2.24, 2.45) is 0 Å². The van der Waals surface area contributed by atoms with E-state index in [1.54, 1.807) is 23.5 Å². The lowest BCUT2D eigenvalue weighted by atomic mass is 10.3. The number of hydrogen-bond donors (Lipinski definition) is 2. The number of carbonyl (C=O) groups is 2. The van der Waals surface area contributed by atoms with Crippen molar-refractivity contribution in [2.45, 2.75) is 13.0 Å². The molecule has 16 heavy (non-hydrogen) atoms. The first-order valence-electron chi connectivity index (χ1n) is 4.84. The summed E-state index contributed by atoms with van der Waals surface area (Å²) in [4.78, 5) is 22.6. The van der Waals surface area contributed by atoms with E-state index in [9.17, 15) is 9.59 Å². The topological polar surface area (TPSA) is 67.4 Å². The van der Waals surface area contributed by atoms with Crippen molar-refractivity contribution in [3.05, 3.63) is 0 Å². The Bertz CT molecular complexity index is 227. The summed E-state index contributed by atoms with van der Waals surface area (Å²) in [6.45, 7) is 2.34. The van der Waals surface area contributed by atoms with Crippen molar-refractivity contribution in [3.63, 3.8) is 0 Å². The largest absolute Gasteiger partial charge is 0.467 e. The molecule has 0 aliphatic rings. The van der Waals surface area contributed by atoms with Crippen molar-refractivity contribution in [3.8, 4) is 0 Å². The monoisotopic (exact) mass is 266 g/mol. The number of ether oxygens (including phenoxy) is 1. The predicted octanol–water partition coefficient (Wildman–Crippen LogP) is 0.901. The average Bonchev–Trinajstić information content (AvgIpc) is 2.27. The molecule has 2 N–H and O–H groups in total. The SMILES string of the molecule is CCNC(=O)N[C@@H](CSCSC)C(=O)OC. The molecule has 7 heteroatoms. The maximum absolute atomic E-state index is 11.4. The van der Waals surface area contributed by atoms with Crippen LogP contribution in [0.2, 0.25) is 0 Å². The highest BCUT2D eigenvalue weighted by atomic mass is 32.2. The molecule has 0 aromatic carbocycles. The summed E-state index contributed by atoms with van der Waals surface area (Å²) >= 11 is 3.26. The van der Waals surface area contributed by atoms with Gasteiger partial charge in [0.2, 0.25) is 0 Å². The van der Waals surface area contributed by atoms with E-state index < -0.39 is 12.0 Å². The highest BCUT2D eigenvalue weighted by Crippen LogP contribution is 2.10.